The molecule has 1 fully saturated rings. The van der Waals surface area contributed by atoms with E-state index in [-0.39, 0.29) is 30.1 Å². The molecule has 166 valence electrons. The van der Waals surface area contributed by atoms with Crippen molar-refractivity contribution in [2.24, 2.45) is 0 Å². The summed E-state index contributed by atoms with van der Waals surface area (Å²) in [5.41, 5.74) is 0.821. The SMILES string of the molecule is Cc1cnc(C(=O)N2CCCC(Oc3ccc(C(F)(F)F)cn3)C2)c(-c2ncccn2)c1. The van der Waals surface area contributed by atoms with Gasteiger partial charge in [-0.2, -0.15) is 13.2 Å². The molecule has 4 rings (SSSR count). The third kappa shape index (κ3) is 4.84. The molecule has 0 aromatic carbocycles. The summed E-state index contributed by atoms with van der Waals surface area (Å²) in [5.74, 6) is 0.219. The third-order valence-electron chi connectivity index (χ3n) is 5.05. The van der Waals surface area contributed by atoms with Crippen LogP contribution in [0.1, 0.15) is 34.5 Å². The molecule has 4 heterocycles. The molecule has 0 spiro atoms. The van der Waals surface area contributed by atoms with Crippen LogP contribution in [0.3, 0.4) is 0 Å². The van der Waals surface area contributed by atoms with Crippen molar-refractivity contribution in [3.8, 4) is 17.3 Å². The van der Waals surface area contributed by atoms with Crippen molar-refractivity contribution in [1.29, 1.82) is 0 Å². The number of hydrogen-bond acceptors (Lipinski definition) is 6. The van der Waals surface area contributed by atoms with Crippen molar-refractivity contribution < 1.29 is 22.7 Å². The second-order valence-corrected chi connectivity index (χ2v) is 7.50. The van der Waals surface area contributed by atoms with Crippen molar-refractivity contribution in [3.05, 3.63) is 65.9 Å². The van der Waals surface area contributed by atoms with Gasteiger partial charge in [-0.3, -0.25) is 9.78 Å². The zero-order chi connectivity index (χ0) is 22.7. The first-order chi connectivity index (χ1) is 15.3. The minimum atomic E-state index is -4.46. The lowest BCUT2D eigenvalue weighted by atomic mass is 10.1. The quantitative estimate of drug-likeness (QED) is 0.608. The predicted octanol–water partition coefficient (Wildman–Crippen LogP) is 3.94. The standard InChI is InChI=1S/C22H20F3N5O2/c1-14-10-17(20-26-7-3-8-27-20)19(29-11-14)21(31)30-9-2-4-16(13-30)32-18-6-5-15(12-28-18)22(23,24)25/h3,5-8,10-12,16H,2,4,9,13H2,1H3. The van der Waals surface area contributed by atoms with E-state index in [1.165, 1.54) is 6.07 Å². The number of amides is 1. The molecule has 1 saturated heterocycles. The van der Waals surface area contributed by atoms with Crippen LogP contribution in [0.5, 0.6) is 5.88 Å². The predicted molar refractivity (Wildman–Crippen MR) is 109 cm³/mol. The monoisotopic (exact) mass is 443 g/mol. The molecule has 0 aliphatic carbocycles. The van der Waals surface area contributed by atoms with E-state index in [0.717, 1.165) is 17.8 Å². The Bertz CT molecular complexity index is 1090. The summed E-state index contributed by atoms with van der Waals surface area (Å²) in [4.78, 5) is 31.5. The average molecular weight is 443 g/mol. The van der Waals surface area contributed by atoms with Crippen molar-refractivity contribution in [2.75, 3.05) is 13.1 Å². The van der Waals surface area contributed by atoms with E-state index < -0.39 is 11.7 Å². The Hall–Kier alpha value is -3.56. The highest BCUT2D eigenvalue weighted by atomic mass is 19.4. The summed E-state index contributed by atoms with van der Waals surface area (Å²) in [6.07, 6.45) is 2.04. The number of aromatic nitrogens is 4. The van der Waals surface area contributed by atoms with E-state index in [1.54, 1.807) is 29.6 Å². The van der Waals surface area contributed by atoms with Crippen molar-refractivity contribution in [1.82, 2.24) is 24.8 Å². The lowest BCUT2D eigenvalue weighted by Crippen LogP contribution is -2.44. The number of halogens is 3. The van der Waals surface area contributed by atoms with E-state index >= 15 is 0 Å². The smallest absolute Gasteiger partial charge is 0.417 e. The van der Waals surface area contributed by atoms with Gasteiger partial charge in [0, 0.05) is 37.4 Å². The van der Waals surface area contributed by atoms with Gasteiger partial charge in [-0.1, -0.05) is 0 Å². The largest absolute Gasteiger partial charge is 0.472 e. The second-order valence-electron chi connectivity index (χ2n) is 7.50. The molecule has 3 aromatic heterocycles. The lowest BCUT2D eigenvalue weighted by molar-refractivity contribution is -0.137. The molecule has 7 nitrogen and oxygen atoms in total. The number of piperidine rings is 1. The third-order valence-corrected chi connectivity index (χ3v) is 5.05. The maximum absolute atomic E-state index is 13.3. The minimum Gasteiger partial charge on any atom is -0.472 e. The van der Waals surface area contributed by atoms with Crippen LogP contribution in [0.25, 0.3) is 11.4 Å². The number of likely N-dealkylation sites (tertiary alicyclic amines) is 1. The van der Waals surface area contributed by atoms with E-state index in [9.17, 15) is 18.0 Å². The number of carbonyl (C=O) groups is 1. The number of rotatable bonds is 4. The molecule has 0 bridgehead atoms. The first-order valence-corrected chi connectivity index (χ1v) is 10.0. The molecule has 1 atom stereocenters. The molecule has 1 aliphatic heterocycles. The highest BCUT2D eigenvalue weighted by Crippen LogP contribution is 2.30. The van der Waals surface area contributed by atoms with E-state index in [1.807, 2.05) is 13.0 Å². The van der Waals surface area contributed by atoms with Gasteiger partial charge in [0.2, 0.25) is 5.88 Å². The number of hydrogen-bond donors (Lipinski definition) is 0. The molecular formula is C22H20F3N5O2. The number of pyridine rings is 2. The van der Waals surface area contributed by atoms with Gasteiger partial charge >= 0.3 is 6.18 Å². The van der Waals surface area contributed by atoms with Gasteiger partial charge in [0.05, 0.1) is 17.7 Å². The molecule has 0 radical (unpaired) electrons. The van der Waals surface area contributed by atoms with Crippen LogP contribution in [-0.2, 0) is 6.18 Å². The molecular weight excluding hydrogens is 423 g/mol. The van der Waals surface area contributed by atoms with Crippen LogP contribution >= 0.6 is 0 Å². The summed E-state index contributed by atoms with van der Waals surface area (Å²) >= 11 is 0. The highest BCUT2D eigenvalue weighted by molar-refractivity contribution is 5.98. The van der Waals surface area contributed by atoms with Gasteiger partial charge in [0.15, 0.2) is 5.82 Å². The Balaban J connectivity index is 1.50. The molecule has 1 amide bonds. The number of nitrogens with zero attached hydrogens (tertiary/aromatic N) is 5. The Labute approximate surface area is 182 Å². The second kappa shape index (κ2) is 8.89. The topological polar surface area (TPSA) is 81.1 Å². The summed E-state index contributed by atoms with van der Waals surface area (Å²) in [6, 6.07) is 5.63. The number of aryl methyl sites for hydroxylation is 1. The Morgan fingerprint density at radius 1 is 1.12 bits per heavy atom. The maximum atomic E-state index is 13.3. The lowest BCUT2D eigenvalue weighted by Gasteiger charge is -2.32. The van der Waals surface area contributed by atoms with E-state index in [0.29, 0.717) is 30.8 Å². The van der Waals surface area contributed by atoms with Gasteiger partial charge in [-0.05, 0) is 43.5 Å². The maximum Gasteiger partial charge on any atom is 0.417 e. The first-order valence-electron chi connectivity index (χ1n) is 10.0. The van der Waals surface area contributed by atoms with E-state index in [2.05, 4.69) is 19.9 Å². The Morgan fingerprint density at radius 2 is 1.91 bits per heavy atom. The normalized spacial score (nSPS) is 16.6. The van der Waals surface area contributed by atoms with Crippen LogP contribution < -0.4 is 4.74 Å². The number of carbonyl (C=O) groups excluding carboxylic acids is 1. The van der Waals surface area contributed by atoms with Gasteiger partial charge in [-0.15, -0.1) is 0 Å². The summed E-state index contributed by atoms with van der Waals surface area (Å²) < 4.78 is 43.9. The van der Waals surface area contributed by atoms with Gasteiger partial charge in [0.25, 0.3) is 5.91 Å². The summed E-state index contributed by atoms with van der Waals surface area (Å²) in [6.45, 7) is 2.66. The fourth-order valence-corrected chi connectivity index (χ4v) is 3.51. The van der Waals surface area contributed by atoms with Crippen molar-refractivity contribution in [2.45, 2.75) is 32.0 Å². The Morgan fingerprint density at radius 3 is 2.59 bits per heavy atom. The highest BCUT2D eigenvalue weighted by Gasteiger charge is 2.32. The minimum absolute atomic E-state index is 0.0872. The van der Waals surface area contributed by atoms with Crippen LogP contribution in [-0.4, -0.2) is 49.9 Å². The molecule has 32 heavy (non-hydrogen) atoms. The number of alkyl halides is 3. The summed E-state index contributed by atoms with van der Waals surface area (Å²) in [5, 5.41) is 0. The van der Waals surface area contributed by atoms with Gasteiger partial charge < -0.3 is 9.64 Å². The zero-order valence-corrected chi connectivity index (χ0v) is 17.2. The average Bonchev–Trinajstić information content (AvgIpc) is 2.79. The first kappa shape index (κ1) is 21.7. The molecule has 1 unspecified atom stereocenters. The Kier molecular flexibility index (Phi) is 6.02. The molecule has 0 N–H and O–H groups in total. The van der Waals surface area contributed by atoms with E-state index in [4.69, 9.17) is 4.74 Å². The van der Waals surface area contributed by atoms with Crippen LogP contribution in [0.4, 0.5) is 13.2 Å². The van der Waals surface area contributed by atoms with Crippen molar-refractivity contribution >= 4 is 5.91 Å². The molecule has 1 aliphatic rings. The fourth-order valence-electron chi connectivity index (χ4n) is 3.51. The van der Waals surface area contributed by atoms with Gasteiger partial charge in [-0.25, -0.2) is 15.0 Å². The molecule has 3 aromatic rings. The van der Waals surface area contributed by atoms with Crippen LogP contribution in [0, 0.1) is 6.92 Å². The van der Waals surface area contributed by atoms with Gasteiger partial charge in [0.1, 0.15) is 11.8 Å². The fraction of sp³-hybridized carbons (Fsp3) is 0.318. The van der Waals surface area contributed by atoms with Crippen molar-refractivity contribution in [3.63, 3.8) is 0 Å². The van der Waals surface area contributed by atoms with Crippen LogP contribution in [0.15, 0.2) is 49.1 Å². The molecule has 0 saturated carbocycles. The van der Waals surface area contributed by atoms with Crippen LogP contribution in [0.2, 0.25) is 0 Å². The molecule has 10 heteroatoms. The summed E-state index contributed by atoms with van der Waals surface area (Å²) in [7, 11) is 0. The zero-order valence-electron chi connectivity index (χ0n) is 17.2. The number of ether oxygens (including phenoxy) is 1.